The Bertz CT molecular complexity index is 2320. The number of phenolic OH excluding ortho intramolecular Hbond substituents is 1. The molecule has 15 nitrogen and oxygen atoms in total. The quantitative estimate of drug-likeness (QED) is 0.137. The largest absolute Gasteiger partial charge is 0.508 e. The third-order valence-corrected chi connectivity index (χ3v) is 12.6. The predicted molar refractivity (Wildman–Crippen MR) is 246 cm³/mol. The van der Waals surface area contributed by atoms with E-state index in [9.17, 15) is 29.4 Å². The zero-order valence-corrected chi connectivity index (χ0v) is 38.9. The summed E-state index contributed by atoms with van der Waals surface area (Å²) in [6, 6.07) is 12.2. The first-order valence-corrected chi connectivity index (χ1v) is 22.6. The van der Waals surface area contributed by atoms with Gasteiger partial charge in [-0.3, -0.25) is 29.3 Å². The first-order chi connectivity index (χ1) is 30.4. The Morgan fingerprint density at radius 3 is 2.42 bits per heavy atom. The van der Waals surface area contributed by atoms with Crippen LogP contribution in [-0.4, -0.2) is 124 Å². The minimum atomic E-state index is -1.28. The van der Waals surface area contributed by atoms with Crippen LogP contribution in [0.2, 0.25) is 0 Å². The molecule has 346 valence electrons. The molecule has 2 aromatic heterocycles. The van der Waals surface area contributed by atoms with Gasteiger partial charge in [0.2, 0.25) is 5.91 Å². The fourth-order valence-electron chi connectivity index (χ4n) is 9.24. The van der Waals surface area contributed by atoms with Gasteiger partial charge in [0.1, 0.15) is 23.9 Å². The van der Waals surface area contributed by atoms with Crippen molar-refractivity contribution in [2.24, 2.45) is 11.3 Å². The molecule has 4 atom stereocenters. The number of aryl methyl sites for hydroxylation is 1. The topological polar surface area (TPSA) is 179 Å². The van der Waals surface area contributed by atoms with Crippen LogP contribution in [0.5, 0.6) is 5.75 Å². The maximum atomic E-state index is 14.4. The summed E-state index contributed by atoms with van der Waals surface area (Å²) in [7, 11) is 5.16. The summed E-state index contributed by atoms with van der Waals surface area (Å²) in [6.45, 7) is 15.3. The van der Waals surface area contributed by atoms with Crippen LogP contribution >= 0.6 is 0 Å². The van der Waals surface area contributed by atoms with Gasteiger partial charge in [-0.25, -0.2) is 10.2 Å². The SMILES string of the molecule is CCn1c(-c2cccnc2C(C)OC)c2c3cc(ccc31)-c1cc(O)cc(c1)CC(NC(=O)C(C(C)C)N(C)C(=O)O)C(=O)N1CCC[C@H](N1)C(=O)OCC(C)(C)C2.CN1CCCC1. The molecule has 0 saturated carbocycles. The average Bonchev–Trinajstić information content (AvgIpc) is 3.87. The molecule has 7 rings (SSSR count). The highest BCUT2D eigenvalue weighted by molar-refractivity contribution is 5.96. The van der Waals surface area contributed by atoms with Crippen LogP contribution in [-0.2, 0) is 43.2 Å². The highest BCUT2D eigenvalue weighted by Gasteiger charge is 2.38. The number of esters is 1. The number of phenols is 1. The molecule has 2 aromatic carbocycles. The molecule has 3 aliphatic rings. The Kier molecular flexibility index (Phi) is 15.4. The molecule has 0 radical (unpaired) electrons. The highest BCUT2D eigenvalue weighted by Crippen LogP contribution is 2.42. The third-order valence-electron chi connectivity index (χ3n) is 12.6. The Morgan fingerprint density at radius 1 is 1.05 bits per heavy atom. The number of nitrogens with one attached hydrogen (secondary N) is 2. The molecule has 3 aliphatic heterocycles. The standard InChI is InChI=1S/C44H56N6O8.C5H11N/c1-9-49-36-15-14-28-22-32(36)33(39(49)31-12-10-16-45-37(31)26(4)57-8)23-44(5,6)24-58-42(54)34-13-11-17-50(47-34)41(53)35(20-27-18-29(28)21-30(51)19-27)46-40(52)38(25(2)3)48(7)43(55)56;1-6-4-2-3-5-6/h10,12,14-16,18-19,21-22,25-26,34-35,38,47,51H,9,11,13,17,20,23-24H2,1-8H3,(H,46,52)(H,55,56);2-5H2,1H3/t26?,34-,35?,38?;/m0./s1. The van der Waals surface area contributed by atoms with E-state index in [-0.39, 0.29) is 31.4 Å². The zero-order valence-electron chi connectivity index (χ0n) is 38.9. The summed E-state index contributed by atoms with van der Waals surface area (Å²) in [6.07, 6.45) is 4.49. The van der Waals surface area contributed by atoms with Crippen LogP contribution in [0.4, 0.5) is 4.79 Å². The Balaban J connectivity index is 0.00000105. The lowest BCUT2D eigenvalue weighted by Gasteiger charge is -2.36. The van der Waals surface area contributed by atoms with Crippen LogP contribution in [0, 0.1) is 11.3 Å². The molecule has 3 unspecified atom stereocenters. The summed E-state index contributed by atoms with van der Waals surface area (Å²) < 4.78 is 14.1. The fraction of sp³-hybridized carbons (Fsp3) is 0.531. The van der Waals surface area contributed by atoms with Crippen LogP contribution in [0.3, 0.4) is 0 Å². The van der Waals surface area contributed by atoms with Crippen molar-refractivity contribution in [2.75, 3.05) is 47.4 Å². The average molecular weight is 882 g/mol. The first-order valence-electron chi connectivity index (χ1n) is 22.6. The number of nitrogens with zero attached hydrogens (tertiary/aromatic N) is 5. The van der Waals surface area contributed by atoms with E-state index < -0.39 is 53.3 Å². The van der Waals surface area contributed by atoms with Gasteiger partial charge < -0.3 is 34.5 Å². The van der Waals surface area contributed by atoms with Gasteiger partial charge in [0.05, 0.1) is 24.1 Å². The van der Waals surface area contributed by atoms with Crippen molar-refractivity contribution in [2.45, 2.75) is 111 Å². The van der Waals surface area contributed by atoms with Crippen molar-refractivity contribution in [1.82, 2.24) is 35.1 Å². The number of aromatic nitrogens is 2. The number of hydrogen-bond acceptors (Lipinski definition) is 10. The number of carbonyl (C=O) groups is 4. The van der Waals surface area contributed by atoms with Crippen molar-refractivity contribution in [3.63, 3.8) is 0 Å². The van der Waals surface area contributed by atoms with Crippen molar-refractivity contribution in [3.8, 4) is 28.1 Å². The lowest BCUT2D eigenvalue weighted by Crippen LogP contribution is -2.62. The van der Waals surface area contributed by atoms with Gasteiger partial charge in [0, 0.05) is 61.7 Å². The maximum absolute atomic E-state index is 14.4. The van der Waals surface area contributed by atoms with Crippen molar-refractivity contribution >= 4 is 34.8 Å². The maximum Gasteiger partial charge on any atom is 0.407 e. The smallest absolute Gasteiger partial charge is 0.407 e. The fourth-order valence-corrected chi connectivity index (χ4v) is 9.24. The van der Waals surface area contributed by atoms with Crippen molar-refractivity contribution in [3.05, 3.63) is 71.5 Å². The van der Waals surface area contributed by atoms with Crippen LogP contribution in [0.15, 0.2) is 54.7 Å². The summed E-state index contributed by atoms with van der Waals surface area (Å²) in [5, 5.41) is 26.1. The summed E-state index contributed by atoms with van der Waals surface area (Å²) in [5.74, 6) is -2.06. The molecule has 3 amide bonds. The molecule has 4 N–H and O–H groups in total. The predicted octanol–water partition coefficient (Wildman–Crippen LogP) is 6.80. The molecule has 64 heavy (non-hydrogen) atoms. The number of hydrogen-bond donors (Lipinski definition) is 4. The number of aromatic hydroxyl groups is 1. The van der Waals surface area contributed by atoms with E-state index in [1.807, 2.05) is 25.1 Å². The van der Waals surface area contributed by atoms with Crippen LogP contribution in [0.1, 0.15) is 90.2 Å². The second-order valence-electron chi connectivity index (χ2n) is 18.6. The van der Waals surface area contributed by atoms with Gasteiger partial charge in [-0.2, -0.15) is 0 Å². The van der Waals surface area contributed by atoms with Gasteiger partial charge in [-0.15, -0.1) is 0 Å². The second kappa shape index (κ2) is 20.5. The molecule has 2 saturated heterocycles. The highest BCUT2D eigenvalue weighted by atomic mass is 16.5. The van der Waals surface area contributed by atoms with E-state index in [1.165, 1.54) is 38.0 Å². The Hall–Kier alpha value is -5.51. The number of methoxy groups -OCH3 is 1. The van der Waals surface area contributed by atoms with E-state index in [2.05, 4.69) is 66.2 Å². The lowest BCUT2D eigenvalue weighted by atomic mass is 9.84. The molecule has 2 fully saturated rings. The number of carboxylic acid groups (broad SMARTS) is 1. The van der Waals surface area contributed by atoms with Crippen LogP contribution < -0.4 is 10.7 Å². The Labute approximate surface area is 377 Å². The van der Waals surface area contributed by atoms with Gasteiger partial charge >= 0.3 is 12.1 Å². The molecule has 0 aliphatic carbocycles. The Morgan fingerprint density at radius 2 is 1.78 bits per heavy atom. The normalized spacial score (nSPS) is 20.2. The van der Waals surface area contributed by atoms with E-state index in [4.69, 9.17) is 14.5 Å². The molecule has 0 spiro atoms. The zero-order chi connectivity index (χ0) is 46.5. The number of cyclic esters (lactones) is 1. The molecule has 6 bridgehead atoms. The number of ether oxygens (including phenoxy) is 2. The minimum Gasteiger partial charge on any atom is -0.508 e. The van der Waals surface area contributed by atoms with Crippen molar-refractivity contribution in [1.29, 1.82) is 0 Å². The summed E-state index contributed by atoms with van der Waals surface area (Å²) in [5.41, 5.74) is 9.43. The number of benzene rings is 2. The van der Waals surface area contributed by atoms with E-state index in [0.717, 1.165) is 43.9 Å². The number of amides is 3. The van der Waals surface area contributed by atoms with Gasteiger partial charge in [0.25, 0.3) is 5.91 Å². The minimum absolute atomic E-state index is 0.0224. The number of rotatable bonds is 8. The number of carbonyl (C=O) groups excluding carboxylic acids is 3. The molecule has 5 heterocycles. The molecule has 4 aromatic rings. The first kappa shape index (κ1) is 48.0. The number of hydrazine groups is 1. The second-order valence-corrected chi connectivity index (χ2v) is 18.6. The van der Waals surface area contributed by atoms with E-state index in [1.54, 1.807) is 39.3 Å². The number of fused-ring (bicyclic) bond motifs is 6. The van der Waals surface area contributed by atoms with E-state index >= 15 is 0 Å². The summed E-state index contributed by atoms with van der Waals surface area (Å²) in [4.78, 5) is 62.0. The number of pyridine rings is 1. The third kappa shape index (κ3) is 10.9. The van der Waals surface area contributed by atoms with Crippen molar-refractivity contribution < 1.29 is 38.9 Å². The van der Waals surface area contributed by atoms with E-state index in [0.29, 0.717) is 36.9 Å². The van der Waals surface area contributed by atoms with Gasteiger partial charge in [-0.05, 0) is 131 Å². The van der Waals surface area contributed by atoms with Gasteiger partial charge in [-0.1, -0.05) is 39.8 Å². The molecular weight excluding hydrogens is 815 g/mol. The van der Waals surface area contributed by atoms with Crippen LogP contribution in [0.25, 0.3) is 33.3 Å². The monoisotopic (exact) mass is 882 g/mol. The number of likely N-dealkylation sites (tertiary alicyclic amines) is 1. The van der Waals surface area contributed by atoms with Gasteiger partial charge in [0.15, 0.2) is 0 Å². The molecule has 15 heteroatoms. The summed E-state index contributed by atoms with van der Waals surface area (Å²) >= 11 is 0. The molecular formula is C49H67N7O8. The number of likely N-dealkylation sites (N-methyl/N-ethyl adjacent to an activating group) is 1. The lowest BCUT2D eigenvalue weighted by molar-refractivity contribution is -0.155.